The average Bonchev–Trinajstić information content (AvgIpc) is 2.66. The Balaban J connectivity index is 2.22. The van der Waals surface area contributed by atoms with Crippen molar-refractivity contribution in [1.29, 1.82) is 0 Å². The lowest BCUT2D eigenvalue weighted by Crippen LogP contribution is -2.44. The van der Waals surface area contributed by atoms with E-state index in [4.69, 9.17) is 9.47 Å². The molecule has 2 rings (SSSR count). The van der Waals surface area contributed by atoms with E-state index in [1.807, 2.05) is 0 Å². The summed E-state index contributed by atoms with van der Waals surface area (Å²) in [7, 11) is 3.06. The predicted octanol–water partition coefficient (Wildman–Crippen LogP) is 3.20. The second kappa shape index (κ2) is 8.74. The molecule has 0 bridgehead atoms. The van der Waals surface area contributed by atoms with E-state index in [-0.39, 0.29) is 12.5 Å². The number of allylic oxidation sites excluding steroid dienone is 1. The summed E-state index contributed by atoms with van der Waals surface area (Å²) in [6.07, 6.45) is 6.24. The van der Waals surface area contributed by atoms with E-state index in [1.165, 1.54) is 7.11 Å². The smallest absolute Gasteiger partial charge is 0.311 e. The number of ether oxygens (including phenoxy) is 2. The van der Waals surface area contributed by atoms with Gasteiger partial charge in [0, 0.05) is 17.7 Å². The van der Waals surface area contributed by atoms with Crippen LogP contribution in [0, 0.1) is 5.41 Å². The van der Waals surface area contributed by atoms with Crippen molar-refractivity contribution in [3.8, 4) is 11.5 Å². The molecule has 1 aromatic carbocycles. The minimum Gasteiger partial charge on any atom is -0.493 e. The number of hydrogen-bond acceptors (Lipinski definition) is 4. The van der Waals surface area contributed by atoms with Gasteiger partial charge in [0.15, 0.2) is 11.5 Å². The number of carbonyl (C=O) groups excluding carboxylic acids is 1. The van der Waals surface area contributed by atoms with E-state index < -0.39 is 11.4 Å². The Morgan fingerprint density at radius 2 is 1.92 bits per heavy atom. The summed E-state index contributed by atoms with van der Waals surface area (Å²) >= 11 is 0. The molecule has 0 spiro atoms. The average molecular weight is 361 g/mol. The molecule has 2 N–H and O–H groups in total. The fraction of sp³-hybridized carbons (Fsp3) is 0.500. The van der Waals surface area contributed by atoms with E-state index in [9.17, 15) is 14.7 Å². The van der Waals surface area contributed by atoms with E-state index in [0.717, 1.165) is 24.8 Å². The molecule has 1 aromatic rings. The van der Waals surface area contributed by atoms with Crippen LogP contribution in [0.25, 0.3) is 0 Å². The van der Waals surface area contributed by atoms with E-state index in [1.54, 1.807) is 25.3 Å². The highest BCUT2D eigenvalue weighted by Crippen LogP contribution is 2.36. The summed E-state index contributed by atoms with van der Waals surface area (Å²) in [5.74, 6) is -0.125. The third-order valence-electron chi connectivity index (χ3n) is 5.03. The maximum atomic E-state index is 12.7. The Morgan fingerprint density at radius 3 is 2.46 bits per heavy atom. The molecule has 0 aromatic heterocycles. The molecule has 0 radical (unpaired) electrons. The molecular weight excluding hydrogens is 334 g/mol. The van der Waals surface area contributed by atoms with Crippen LogP contribution in [0.3, 0.4) is 0 Å². The Morgan fingerprint density at radius 1 is 1.23 bits per heavy atom. The molecule has 0 unspecified atom stereocenters. The maximum absolute atomic E-state index is 12.7. The zero-order valence-corrected chi connectivity index (χ0v) is 15.5. The van der Waals surface area contributed by atoms with Crippen LogP contribution in [0.4, 0.5) is 0 Å². The van der Waals surface area contributed by atoms with Crippen LogP contribution in [-0.4, -0.2) is 37.7 Å². The molecule has 0 aliphatic heterocycles. The van der Waals surface area contributed by atoms with Gasteiger partial charge in [-0.05, 0) is 31.4 Å². The van der Waals surface area contributed by atoms with Crippen LogP contribution in [0.2, 0.25) is 0 Å². The lowest BCUT2D eigenvalue weighted by Gasteiger charge is -2.33. The lowest BCUT2D eigenvalue weighted by molar-refractivity contribution is -0.150. The van der Waals surface area contributed by atoms with Crippen LogP contribution in [0.15, 0.2) is 24.8 Å². The number of rotatable bonds is 8. The quantitative estimate of drug-likeness (QED) is 0.695. The van der Waals surface area contributed by atoms with Crippen molar-refractivity contribution in [2.75, 3.05) is 20.8 Å². The van der Waals surface area contributed by atoms with Gasteiger partial charge >= 0.3 is 5.97 Å². The van der Waals surface area contributed by atoms with Gasteiger partial charge in [0.2, 0.25) is 0 Å². The first-order chi connectivity index (χ1) is 12.5. The highest BCUT2D eigenvalue weighted by molar-refractivity contribution is 5.95. The van der Waals surface area contributed by atoms with Crippen molar-refractivity contribution in [1.82, 2.24) is 5.32 Å². The molecule has 1 amide bonds. The van der Waals surface area contributed by atoms with Crippen LogP contribution < -0.4 is 14.8 Å². The van der Waals surface area contributed by atoms with Gasteiger partial charge in [0.05, 0.1) is 19.6 Å². The molecule has 1 aliphatic carbocycles. The van der Waals surface area contributed by atoms with Gasteiger partial charge in [0.25, 0.3) is 5.91 Å². The Hall–Kier alpha value is -2.50. The summed E-state index contributed by atoms with van der Waals surface area (Å²) in [6, 6.07) is 3.34. The summed E-state index contributed by atoms with van der Waals surface area (Å²) in [6.45, 7) is 3.86. The van der Waals surface area contributed by atoms with Gasteiger partial charge in [-0.25, -0.2) is 0 Å². The normalized spacial score (nSPS) is 15.8. The molecule has 1 fully saturated rings. The number of aliphatic carboxylic acids is 1. The van der Waals surface area contributed by atoms with Crippen molar-refractivity contribution in [2.24, 2.45) is 5.41 Å². The SMILES string of the molecule is C=CCc1cc(C(=O)NCC2(C(=O)O)CCCCC2)cc(OC)c1OC. The highest BCUT2D eigenvalue weighted by Gasteiger charge is 2.39. The second-order valence-corrected chi connectivity index (χ2v) is 6.69. The summed E-state index contributed by atoms with van der Waals surface area (Å²) < 4.78 is 10.7. The van der Waals surface area contributed by atoms with Gasteiger partial charge in [0.1, 0.15) is 0 Å². The fourth-order valence-electron chi connectivity index (χ4n) is 3.53. The monoisotopic (exact) mass is 361 g/mol. The number of carboxylic acid groups (broad SMARTS) is 1. The van der Waals surface area contributed by atoms with Crippen LogP contribution in [0.5, 0.6) is 11.5 Å². The minimum atomic E-state index is -0.867. The summed E-state index contributed by atoms with van der Waals surface area (Å²) in [5.41, 5.74) is 0.336. The number of carboxylic acids is 1. The Bertz CT molecular complexity index is 677. The largest absolute Gasteiger partial charge is 0.493 e. The minimum absolute atomic E-state index is 0.131. The number of carbonyl (C=O) groups is 2. The third-order valence-corrected chi connectivity index (χ3v) is 5.03. The molecule has 0 heterocycles. The number of nitrogens with one attached hydrogen (secondary N) is 1. The van der Waals surface area contributed by atoms with Gasteiger partial charge in [-0.3, -0.25) is 9.59 Å². The molecular formula is C20H27NO5. The van der Waals surface area contributed by atoms with Crippen LogP contribution >= 0.6 is 0 Å². The first kappa shape index (κ1) is 19.8. The van der Waals surface area contributed by atoms with Gasteiger partial charge in [-0.15, -0.1) is 6.58 Å². The molecule has 1 aliphatic rings. The Kier molecular flexibility index (Phi) is 6.66. The summed E-state index contributed by atoms with van der Waals surface area (Å²) in [5, 5.41) is 12.4. The first-order valence-electron chi connectivity index (χ1n) is 8.85. The van der Waals surface area contributed by atoms with E-state index in [2.05, 4.69) is 11.9 Å². The molecule has 6 heteroatoms. The van der Waals surface area contributed by atoms with Crippen molar-refractivity contribution in [3.63, 3.8) is 0 Å². The fourth-order valence-corrected chi connectivity index (χ4v) is 3.53. The Labute approximate surface area is 154 Å². The molecule has 26 heavy (non-hydrogen) atoms. The standard InChI is InChI=1S/C20H27NO5/c1-4-8-14-11-15(12-16(25-2)17(14)26-3)18(22)21-13-20(19(23)24)9-6-5-7-10-20/h4,11-12H,1,5-10,13H2,2-3H3,(H,21,22)(H,23,24). The topological polar surface area (TPSA) is 84.9 Å². The zero-order chi connectivity index (χ0) is 19.2. The van der Waals surface area contributed by atoms with E-state index >= 15 is 0 Å². The lowest BCUT2D eigenvalue weighted by atomic mass is 9.74. The molecule has 6 nitrogen and oxygen atoms in total. The molecule has 0 atom stereocenters. The predicted molar refractivity (Wildman–Crippen MR) is 98.9 cm³/mol. The van der Waals surface area contributed by atoms with Crippen LogP contribution in [-0.2, 0) is 11.2 Å². The van der Waals surface area contributed by atoms with Gasteiger partial charge in [-0.2, -0.15) is 0 Å². The highest BCUT2D eigenvalue weighted by atomic mass is 16.5. The third kappa shape index (κ3) is 4.18. The number of amides is 1. The summed E-state index contributed by atoms with van der Waals surface area (Å²) in [4.78, 5) is 24.4. The van der Waals surface area contributed by atoms with E-state index in [0.29, 0.717) is 36.3 Å². The number of benzene rings is 1. The van der Waals surface area contributed by atoms with Crippen molar-refractivity contribution in [2.45, 2.75) is 38.5 Å². The van der Waals surface area contributed by atoms with Crippen molar-refractivity contribution < 1.29 is 24.2 Å². The molecule has 0 saturated heterocycles. The van der Waals surface area contributed by atoms with Crippen molar-refractivity contribution >= 4 is 11.9 Å². The number of methoxy groups -OCH3 is 2. The van der Waals surface area contributed by atoms with Crippen LogP contribution in [0.1, 0.15) is 48.0 Å². The van der Waals surface area contributed by atoms with Gasteiger partial charge < -0.3 is 19.9 Å². The number of hydrogen-bond donors (Lipinski definition) is 2. The second-order valence-electron chi connectivity index (χ2n) is 6.69. The van der Waals surface area contributed by atoms with Crippen molar-refractivity contribution in [3.05, 3.63) is 35.9 Å². The zero-order valence-electron chi connectivity index (χ0n) is 15.5. The maximum Gasteiger partial charge on any atom is 0.311 e. The first-order valence-corrected chi connectivity index (χ1v) is 8.85. The molecule has 142 valence electrons. The van der Waals surface area contributed by atoms with Gasteiger partial charge in [-0.1, -0.05) is 25.3 Å². The molecule has 1 saturated carbocycles.